The Bertz CT molecular complexity index is 1230. The Balaban J connectivity index is 0.000000461. The van der Waals surface area contributed by atoms with Gasteiger partial charge in [0.05, 0.1) is 4.90 Å². The molecule has 176 valence electrons. The number of rotatable bonds is 6. The monoisotopic (exact) mass is 484 g/mol. The van der Waals surface area contributed by atoms with E-state index in [2.05, 4.69) is 15.3 Å². The molecular formula is C21H29ClN4O5S. The second kappa shape index (κ2) is 11.0. The van der Waals surface area contributed by atoms with E-state index < -0.39 is 16.0 Å². The van der Waals surface area contributed by atoms with Gasteiger partial charge in [-0.05, 0) is 43.7 Å². The molecule has 0 saturated carbocycles. The van der Waals surface area contributed by atoms with Crippen molar-refractivity contribution in [3.8, 4) is 0 Å². The van der Waals surface area contributed by atoms with E-state index in [1.807, 2.05) is 13.8 Å². The Morgan fingerprint density at radius 3 is 2.53 bits per heavy atom. The van der Waals surface area contributed by atoms with Crippen molar-refractivity contribution in [1.82, 2.24) is 19.6 Å². The Hall–Kier alpha value is -2.40. The van der Waals surface area contributed by atoms with Gasteiger partial charge < -0.3 is 20.4 Å². The number of halogens is 1. The fourth-order valence-corrected chi connectivity index (χ4v) is 5.53. The topological polar surface area (TPSA) is 135 Å². The number of hydrogen-bond donors (Lipinski definition) is 4. The highest BCUT2D eigenvalue weighted by atomic mass is 35.5. The summed E-state index contributed by atoms with van der Waals surface area (Å²) in [6, 6.07) is 6.66. The molecule has 4 rings (SSSR count). The number of pyridine rings is 1. The van der Waals surface area contributed by atoms with Crippen LogP contribution in [0.4, 0.5) is 0 Å². The second-order valence-corrected chi connectivity index (χ2v) is 9.32. The molecule has 0 amide bonds. The highest BCUT2D eigenvalue weighted by Gasteiger charge is 2.32. The summed E-state index contributed by atoms with van der Waals surface area (Å²) in [7, 11) is -3.60. The third-order valence-corrected chi connectivity index (χ3v) is 7.35. The molecule has 0 unspecified atom stereocenters. The molecule has 2 aromatic heterocycles. The molecule has 4 N–H and O–H groups in total. The van der Waals surface area contributed by atoms with Crippen molar-refractivity contribution < 1.29 is 18.3 Å². The molecule has 3 heterocycles. The van der Waals surface area contributed by atoms with E-state index >= 15 is 0 Å². The Morgan fingerprint density at radius 2 is 1.97 bits per heavy atom. The Kier molecular flexibility index (Phi) is 8.85. The number of likely N-dealkylation sites (N-methyl/N-ethyl adjacent to an activating group) is 1. The van der Waals surface area contributed by atoms with Crippen molar-refractivity contribution in [1.29, 1.82) is 0 Å². The van der Waals surface area contributed by atoms with Gasteiger partial charge >= 0.3 is 5.97 Å². The van der Waals surface area contributed by atoms with Gasteiger partial charge in [0, 0.05) is 48.0 Å². The van der Waals surface area contributed by atoms with Crippen molar-refractivity contribution in [3.05, 3.63) is 40.8 Å². The molecule has 1 aliphatic heterocycles. The molecule has 1 atom stereocenters. The lowest BCUT2D eigenvalue weighted by Crippen LogP contribution is -2.41. The maximum absolute atomic E-state index is 13.2. The molecule has 11 heteroatoms. The lowest BCUT2D eigenvalue weighted by atomic mass is 10.1. The number of fused-ring (bicyclic) bond motifs is 3. The average Bonchev–Trinajstić information content (AvgIpc) is 3.41. The molecule has 0 bridgehead atoms. The SMILES string of the molecule is CCCC(=O)O.CCN([C@H]1CCNC1)S(=O)(=O)c1ccc2[nH]c(=O)c3[nH]ccc3c2c1.Cl. The molecule has 1 aromatic carbocycles. The van der Waals surface area contributed by atoms with Gasteiger partial charge in [-0.15, -0.1) is 12.4 Å². The summed E-state index contributed by atoms with van der Waals surface area (Å²) in [6.45, 7) is 5.64. The molecular weight excluding hydrogens is 456 g/mol. The smallest absolute Gasteiger partial charge is 0.303 e. The molecule has 1 aliphatic rings. The zero-order chi connectivity index (χ0) is 22.6. The maximum Gasteiger partial charge on any atom is 0.303 e. The lowest BCUT2D eigenvalue weighted by molar-refractivity contribution is -0.137. The van der Waals surface area contributed by atoms with Crippen LogP contribution in [0, 0.1) is 0 Å². The Labute approximate surface area is 192 Å². The number of hydrogen-bond acceptors (Lipinski definition) is 5. The number of carbonyl (C=O) groups is 1. The van der Waals surface area contributed by atoms with Crippen LogP contribution < -0.4 is 10.9 Å². The zero-order valence-corrected chi connectivity index (χ0v) is 19.7. The quantitative estimate of drug-likeness (QED) is 0.424. The normalized spacial score (nSPS) is 16.0. The number of carboxylic acids is 1. The number of aromatic amines is 2. The highest BCUT2D eigenvalue weighted by Crippen LogP contribution is 2.27. The molecule has 3 aromatic rings. The first-order valence-electron chi connectivity index (χ1n) is 10.4. The number of H-pyrrole nitrogens is 2. The molecule has 9 nitrogen and oxygen atoms in total. The fraction of sp³-hybridized carbons (Fsp3) is 0.429. The molecule has 0 spiro atoms. The van der Waals surface area contributed by atoms with Crippen molar-refractivity contribution in [2.45, 2.75) is 44.0 Å². The van der Waals surface area contributed by atoms with Gasteiger partial charge in [0.25, 0.3) is 5.56 Å². The first-order chi connectivity index (χ1) is 14.8. The summed E-state index contributed by atoms with van der Waals surface area (Å²) in [5.74, 6) is -0.711. The summed E-state index contributed by atoms with van der Waals surface area (Å²) < 4.78 is 27.9. The number of aromatic nitrogens is 2. The first kappa shape index (κ1) is 25.9. The third kappa shape index (κ3) is 5.32. The van der Waals surface area contributed by atoms with Crippen LogP contribution in [0.3, 0.4) is 0 Å². The average molecular weight is 485 g/mol. The van der Waals surface area contributed by atoms with Gasteiger partial charge in [-0.25, -0.2) is 8.42 Å². The van der Waals surface area contributed by atoms with E-state index in [1.54, 1.807) is 34.8 Å². The van der Waals surface area contributed by atoms with Gasteiger partial charge in [-0.2, -0.15) is 4.31 Å². The largest absolute Gasteiger partial charge is 0.481 e. The van der Waals surface area contributed by atoms with Crippen LogP contribution in [0.1, 0.15) is 33.1 Å². The van der Waals surface area contributed by atoms with Crippen LogP contribution in [-0.4, -0.2) is 59.4 Å². The van der Waals surface area contributed by atoms with Crippen LogP contribution in [0.2, 0.25) is 0 Å². The van der Waals surface area contributed by atoms with Crippen LogP contribution in [0.5, 0.6) is 0 Å². The predicted octanol–water partition coefficient (Wildman–Crippen LogP) is 2.67. The maximum atomic E-state index is 13.2. The number of sulfonamides is 1. The summed E-state index contributed by atoms with van der Waals surface area (Å²) in [5.41, 5.74) is 0.867. The molecule has 0 aliphatic carbocycles. The van der Waals surface area contributed by atoms with Crippen molar-refractivity contribution >= 4 is 50.2 Å². The van der Waals surface area contributed by atoms with E-state index in [4.69, 9.17) is 5.11 Å². The van der Waals surface area contributed by atoms with Crippen molar-refractivity contribution in [3.63, 3.8) is 0 Å². The van der Waals surface area contributed by atoms with Crippen LogP contribution in [-0.2, 0) is 14.8 Å². The minimum Gasteiger partial charge on any atom is -0.481 e. The molecule has 1 fully saturated rings. The van der Waals surface area contributed by atoms with Gasteiger partial charge in [0.15, 0.2) is 0 Å². The Morgan fingerprint density at radius 1 is 1.22 bits per heavy atom. The van der Waals surface area contributed by atoms with Crippen molar-refractivity contribution in [2.75, 3.05) is 19.6 Å². The first-order valence-corrected chi connectivity index (χ1v) is 11.8. The fourth-order valence-electron chi connectivity index (χ4n) is 3.84. The molecule has 32 heavy (non-hydrogen) atoms. The summed E-state index contributed by atoms with van der Waals surface area (Å²) in [4.78, 5) is 27.6. The second-order valence-electron chi connectivity index (χ2n) is 7.43. The molecule has 0 radical (unpaired) electrons. The number of carboxylic acid groups (broad SMARTS) is 1. The van der Waals surface area contributed by atoms with E-state index in [1.165, 1.54) is 0 Å². The van der Waals surface area contributed by atoms with E-state index in [0.717, 1.165) is 30.2 Å². The van der Waals surface area contributed by atoms with E-state index in [0.29, 0.717) is 30.5 Å². The minimum atomic E-state index is -3.60. The zero-order valence-electron chi connectivity index (χ0n) is 18.1. The lowest BCUT2D eigenvalue weighted by Gasteiger charge is -2.26. The summed E-state index contributed by atoms with van der Waals surface area (Å²) in [6.07, 6.45) is 3.52. The van der Waals surface area contributed by atoms with E-state index in [9.17, 15) is 18.0 Å². The van der Waals surface area contributed by atoms with Gasteiger partial charge in [0.2, 0.25) is 10.0 Å². The van der Waals surface area contributed by atoms with Crippen molar-refractivity contribution in [2.24, 2.45) is 0 Å². The third-order valence-electron chi connectivity index (χ3n) is 5.33. The molecule has 1 saturated heterocycles. The number of benzene rings is 1. The number of nitrogens with one attached hydrogen (secondary N) is 3. The van der Waals surface area contributed by atoms with Crippen LogP contribution >= 0.6 is 12.4 Å². The minimum absolute atomic E-state index is 0. The summed E-state index contributed by atoms with van der Waals surface area (Å²) >= 11 is 0. The highest BCUT2D eigenvalue weighted by molar-refractivity contribution is 7.89. The van der Waals surface area contributed by atoms with Gasteiger partial charge in [-0.3, -0.25) is 9.59 Å². The van der Waals surface area contributed by atoms with Crippen LogP contribution in [0.25, 0.3) is 21.8 Å². The predicted molar refractivity (Wildman–Crippen MR) is 127 cm³/mol. The number of aliphatic carboxylic acids is 1. The van der Waals surface area contributed by atoms with Gasteiger partial charge in [-0.1, -0.05) is 13.8 Å². The van der Waals surface area contributed by atoms with E-state index in [-0.39, 0.29) is 28.9 Å². The standard InChI is InChI=1S/C17H20N4O3S.C4H8O2.ClH/c1-2-21(11-5-7-18-10-11)25(23,24)12-3-4-15-14(9-12)13-6-8-19-16(13)17(22)20-15;1-2-3-4(5)6;/h3-4,6,8-9,11,18-19H,2,5,7,10H2,1H3,(H,20,22);2-3H2,1H3,(H,5,6);1H/t11-;;/m0../s1. The summed E-state index contributed by atoms with van der Waals surface area (Å²) in [5, 5.41) is 12.6. The van der Waals surface area contributed by atoms with Crippen LogP contribution in [0.15, 0.2) is 40.2 Å². The van der Waals surface area contributed by atoms with Gasteiger partial charge in [0.1, 0.15) is 5.52 Å². The number of nitrogens with zero attached hydrogens (tertiary/aromatic N) is 1.